The molecule has 6 nitrogen and oxygen atoms in total. The molecule has 0 aromatic heterocycles. The number of rotatable bonds is 9. The third-order valence-corrected chi connectivity index (χ3v) is 4.64. The Morgan fingerprint density at radius 2 is 1.68 bits per heavy atom. The summed E-state index contributed by atoms with van der Waals surface area (Å²) in [6, 6.07) is 5.40. The van der Waals surface area contributed by atoms with E-state index in [-0.39, 0.29) is 19.0 Å². The van der Waals surface area contributed by atoms with E-state index < -0.39 is 24.4 Å². The fraction of sp³-hybridized carbons (Fsp3) is 0.667. The van der Waals surface area contributed by atoms with Crippen LogP contribution in [0.2, 0.25) is 0 Å². The smallest absolute Gasteiger partial charge is 0.123 e. The predicted octanol–water partition coefficient (Wildman–Crippen LogP) is 0.524. The maximum atomic E-state index is 12.8. The molecule has 25 heavy (non-hydrogen) atoms. The van der Waals surface area contributed by atoms with Gasteiger partial charge in [0.05, 0.1) is 25.4 Å². The van der Waals surface area contributed by atoms with Crippen LogP contribution in [-0.4, -0.2) is 76.0 Å². The van der Waals surface area contributed by atoms with Crippen molar-refractivity contribution in [1.82, 2.24) is 4.90 Å². The van der Waals surface area contributed by atoms with E-state index in [9.17, 15) is 24.8 Å². The summed E-state index contributed by atoms with van der Waals surface area (Å²) in [5, 5.41) is 38.8. The Balaban J connectivity index is 1.59. The van der Waals surface area contributed by atoms with Crippen LogP contribution in [0.5, 0.6) is 5.75 Å². The lowest BCUT2D eigenvalue weighted by atomic mass is 9.94. The number of likely N-dealkylation sites (tertiary alicyclic amines) is 1. The number of β-amino-alcohol motifs (C(OH)–C–C–N with tert-alkyl or cyclic N) is 1. The van der Waals surface area contributed by atoms with Crippen molar-refractivity contribution in [2.75, 3.05) is 26.3 Å². The molecular weight excluding hydrogens is 329 g/mol. The van der Waals surface area contributed by atoms with Crippen molar-refractivity contribution < 1.29 is 29.6 Å². The van der Waals surface area contributed by atoms with Gasteiger partial charge in [-0.3, -0.25) is 4.90 Å². The average molecular weight is 357 g/mol. The third-order valence-electron chi connectivity index (χ3n) is 4.64. The molecule has 1 aromatic rings. The highest BCUT2D eigenvalue weighted by Crippen LogP contribution is 2.19. The molecule has 4 N–H and O–H groups in total. The van der Waals surface area contributed by atoms with Gasteiger partial charge in [0.25, 0.3) is 0 Å². The second-order valence-corrected chi connectivity index (χ2v) is 6.51. The minimum atomic E-state index is -1.21. The molecule has 1 aliphatic rings. The monoisotopic (exact) mass is 357 g/mol. The largest absolute Gasteiger partial charge is 0.494 e. The van der Waals surface area contributed by atoms with E-state index in [1.165, 1.54) is 12.1 Å². The molecule has 1 aliphatic heterocycles. The predicted molar refractivity (Wildman–Crippen MR) is 90.8 cm³/mol. The van der Waals surface area contributed by atoms with Gasteiger partial charge in [-0.15, -0.1) is 0 Å². The Kier molecular flexibility index (Phi) is 8.05. The topological polar surface area (TPSA) is 93.4 Å². The Bertz CT molecular complexity index is 501. The fourth-order valence-corrected chi connectivity index (χ4v) is 3.13. The summed E-state index contributed by atoms with van der Waals surface area (Å²) in [4.78, 5) is 1.83. The van der Waals surface area contributed by atoms with Crippen LogP contribution in [0.1, 0.15) is 25.7 Å². The van der Waals surface area contributed by atoms with Gasteiger partial charge in [0.15, 0.2) is 0 Å². The van der Waals surface area contributed by atoms with Crippen molar-refractivity contribution in [2.45, 2.75) is 50.0 Å². The summed E-state index contributed by atoms with van der Waals surface area (Å²) in [5.41, 5.74) is 0. The summed E-state index contributed by atoms with van der Waals surface area (Å²) in [6.45, 7) is 1.21. The SMILES string of the molecule is OC[C@@H]1[C@@H](O)[C@H](O)[C@@H](O)CN1CCCCCCOc1ccc(F)cc1. The molecule has 4 atom stereocenters. The first-order valence-electron chi connectivity index (χ1n) is 8.80. The lowest BCUT2D eigenvalue weighted by molar-refractivity contribution is -0.145. The normalized spacial score (nSPS) is 27.4. The number of aliphatic hydroxyl groups excluding tert-OH is 4. The number of halogens is 1. The molecular formula is C18H28FNO5. The van der Waals surface area contributed by atoms with Gasteiger partial charge in [-0.05, 0) is 43.7 Å². The van der Waals surface area contributed by atoms with E-state index in [1.807, 2.05) is 4.90 Å². The molecule has 1 aromatic carbocycles. The lowest BCUT2D eigenvalue weighted by Crippen LogP contribution is -2.62. The van der Waals surface area contributed by atoms with Crippen LogP contribution in [0.4, 0.5) is 4.39 Å². The Morgan fingerprint density at radius 1 is 1.00 bits per heavy atom. The Hall–Kier alpha value is -1.25. The molecule has 0 bridgehead atoms. The van der Waals surface area contributed by atoms with E-state index in [2.05, 4.69) is 0 Å². The number of unbranched alkanes of at least 4 members (excludes halogenated alkanes) is 3. The molecule has 0 radical (unpaired) electrons. The number of ether oxygens (including phenoxy) is 1. The lowest BCUT2D eigenvalue weighted by Gasteiger charge is -2.43. The Labute approximate surface area is 147 Å². The van der Waals surface area contributed by atoms with Gasteiger partial charge < -0.3 is 25.2 Å². The number of benzene rings is 1. The fourth-order valence-electron chi connectivity index (χ4n) is 3.13. The van der Waals surface area contributed by atoms with Crippen LogP contribution < -0.4 is 4.74 Å². The minimum absolute atomic E-state index is 0.247. The first-order valence-corrected chi connectivity index (χ1v) is 8.80. The van der Waals surface area contributed by atoms with E-state index in [0.29, 0.717) is 18.9 Å². The van der Waals surface area contributed by atoms with Crippen molar-refractivity contribution in [2.24, 2.45) is 0 Å². The minimum Gasteiger partial charge on any atom is -0.494 e. The summed E-state index contributed by atoms with van der Waals surface area (Å²) in [6.07, 6.45) is 0.313. The van der Waals surface area contributed by atoms with E-state index in [4.69, 9.17) is 4.74 Å². The van der Waals surface area contributed by atoms with Crippen molar-refractivity contribution in [3.05, 3.63) is 30.1 Å². The van der Waals surface area contributed by atoms with Gasteiger partial charge in [0, 0.05) is 6.54 Å². The molecule has 0 spiro atoms. The zero-order valence-corrected chi connectivity index (χ0v) is 14.3. The second kappa shape index (κ2) is 10.0. The van der Waals surface area contributed by atoms with Crippen LogP contribution in [0.25, 0.3) is 0 Å². The number of nitrogens with zero attached hydrogens (tertiary/aromatic N) is 1. The molecule has 1 fully saturated rings. The second-order valence-electron chi connectivity index (χ2n) is 6.51. The van der Waals surface area contributed by atoms with E-state index in [0.717, 1.165) is 25.7 Å². The molecule has 0 saturated carbocycles. The standard InChI is InChI=1S/C18H28FNO5/c19-13-5-7-14(8-6-13)25-10-4-2-1-3-9-20-11-16(22)18(24)17(23)15(20)12-21/h5-8,15-18,21-24H,1-4,9-12H2/t15-,16+,17-,18-/m1/s1. The van der Waals surface area contributed by atoms with Gasteiger partial charge in [0.1, 0.15) is 23.8 Å². The molecule has 0 unspecified atom stereocenters. The van der Waals surface area contributed by atoms with Gasteiger partial charge in [-0.2, -0.15) is 0 Å². The van der Waals surface area contributed by atoms with Crippen molar-refractivity contribution >= 4 is 0 Å². The van der Waals surface area contributed by atoms with Gasteiger partial charge >= 0.3 is 0 Å². The summed E-state index contributed by atoms with van der Waals surface area (Å²) in [7, 11) is 0. The number of hydrogen-bond acceptors (Lipinski definition) is 6. The van der Waals surface area contributed by atoms with Crippen LogP contribution >= 0.6 is 0 Å². The van der Waals surface area contributed by atoms with Crippen LogP contribution in [-0.2, 0) is 0 Å². The van der Waals surface area contributed by atoms with Gasteiger partial charge in [-0.25, -0.2) is 4.39 Å². The zero-order valence-electron chi connectivity index (χ0n) is 14.3. The molecule has 142 valence electrons. The molecule has 1 heterocycles. The molecule has 7 heteroatoms. The van der Waals surface area contributed by atoms with Crippen molar-refractivity contribution in [3.63, 3.8) is 0 Å². The first-order chi connectivity index (χ1) is 12.0. The van der Waals surface area contributed by atoms with Crippen LogP contribution in [0.3, 0.4) is 0 Å². The molecule has 2 rings (SSSR count). The Morgan fingerprint density at radius 3 is 2.36 bits per heavy atom. The summed E-state index contributed by atoms with van der Waals surface area (Å²) >= 11 is 0. The molecule has 1 saturated heterocycles. The number of piperidine rings is 1. The summed E-state index contributed by atoms with van der Waals surface area (Å²) < 4.78 is 18.3. The van der Waals surface area contributed by atoms with E-state index >= 15 is 0 Å². The van der Waals surface area contributed by atoms with Gasteiger partial charge in [-0.1, -0.05) is 12.8 Å². The average Bonchev–Trinajstić information content (AvgIpc) is 2.60. The van der Waals surface area contributed by atoms with Gasteiger partial charge in [0.2, 0.25) is 0 Å². The van der Waals surface area contributed by atoms with Crippen molar-refractivity contribution in [3.8, 4) is 5.75 Å². The zero-order chi connectivity index (χ0) is 18.2. The van der Waals surface area contributed by atoms with E-state index in [1.54, 1.807) is 12.1 Å². The highest BCUT2D eigenvalue weighted by molar-refractivity contribution is 5.21. The van der Waals surface area contributed by atoms with Crippen molar-refractivity contribution in [1.29, 1.82) is 0 Å². The highest BCUT2D eigenvalue weighted by Gasteiger charge is 2.40. The first kappa shape index (κ1) is 20.1. The van der Waals surface area contributed by atoms with Crippen LogP contribution in [0.15, 0.2) is 24.3 Å². The summed E-state index contributed by atoms with van der Waals surface area (Å²) in [5.74, 6) is 0.371. The maximum Gasteiger partial charge on any atom is 0.123 e. The molecule has 0 aliphatic carbocycles. The highest BCUT2D eigenvalue weighted by atomic mass is 19.1. The quantitative estimate of drug-likeness (QED) is 0.482. The molecule has 0 amide bonds. The third kappa shape index (κ3) is 5.90. The number of hydrogen-bond donors (Lipinski definition) is 4. The number of aliphatic hydroxyl groups is 4. The maximum absolute atomic E-state index is 12.8. The van der Waals surface area contributed by atoms with Crippen LogP contribution in [0, 0.1) is 5.82 Å².